The molecule has 3 aromatic rings. The van der Waals surface area contributed by atoms with Crippen molar-refractivity contribution in [2.75, 3.05) is 19.0 Å². The number of carbonyl (C=O) groups is 1. The summed E-state index contributed by atoms with van der Waals surface area (Å²) in [6, 6.07) is 10.2. The van der Waals surface area contributed by atoms with Crippen LogP contribution in [0.4, 0.5) is 4.79 Å². The number of para-hydroxylation sites is 1. The third-order valence-corrected chi connectivity index (χ3v) is 4.24. The number of alkyl halides is 1. The zero-order valence-corrected chi connectivity index (χ0v) is 14.7. The number of aromatic nitrogens is 2. The van der Waals surface area contributed by atoms with E-state index in [1.165, 1.54) is 16.3 Å². The second-order valence-corrected chi connectivity index (χ2v) is 6.20. The summed E-state index contributed by atoms with van der Waals surface area (Å²) in [7, 11) is 0. The molecule has 0 saturated heterocycles. The van der Waals surface area contributed by atoms with E-state index in [1.54, 1.807) is 0 Å². The summed E-state index contributed by atoms with van der Waals surface area (Å²) in [5.74, 6) is 0.406. The molecule has 126 valence electrons. The molecular weight excluding hydrogens is 324 g/mol. The van der Waals surface area contributed by atoms with Crippen LogP contribution in [0.15, 0.2) is 30.3 Å². The van der Waals surface area contributed by atoms with Crippen molar-refractivity contribution in [1.82, 2.24) is 20.2 Å². The SMILES string of the molecule is Cc1cc(C)c2c3ccccc3n(CCNC(=O)NCCCl)c2n1. The number of benzene rings is 1. The Morgan fingerprint density at radius 3 is 2.75 bits per heavy atom. The van der Waals surface area contributed by atoms with Gasteiger partial charge in [0.25, 0.3) is 0 Å². The Bertz CT molecular complexity index is 887. The van der Waals surface area contributed by atoms with Gasteiger partial charge in [-0.1, -0.05) is 18.2 Å². The molecule has 2 amide bonds. The lowest BCUT2D eigenvalue weighted by Crippen LogP contribution is -2.38. The van der Waals surface area contributed by atoms with Gasteiger partial charge in [0.15, 0.2) is 0 Å². The van der Waals surface area contributed by atoms with Crippen LogP contribution in [0.1, 0.15) is 11.3 Å². The third kappa shape index (κ3) is 3.17. The number of amides is 2. The number of nitrogens with zero attached hydrogens (tertiary/aromatic N) is 2. The Kier molecular flexibility index (Phi) is 4.90. The molecule has 0 spiro atoms. The zero-order chi connectivity index (χ0) is 17.1. The molecule has 0 aliphatic heterocycles. The molecule has 0 bridgehead atoms. The Morgan fingerprint density at radius 1 is 1.21 bits per heavy atom. The normalized spacial score (nSPS) is 11.1. The van der Waals surface area contributed by atoms with Gasteiger partial charge in [-0.2, -0.15) is 0 Å². The summed E-state index contributed by atoms with van der Waals surface area (Å²) in [6.07, 6.45) is 0. The van der Waals surface area contributed by atoms with Crippen LogP contribution in [-0.2, 0) is 6.54 Å². The molecule has 0 aliphatic carbocycles. The van der Waals surface area contributed by atoms with E-state index in [0.29, 0.717) is 25.5 Å². The molecule has 2 N–H and O–H groups in total. The number of fused-ring (bicyclic) bond motifs is 3. The fraction of sp³-hybridized carbons (Fsp3) is 0.333. The average molecular weight is 345 g/mol. The number of rotatable bonds is 5. The highest BCUT2D eigenvalue weighted by Crippen LogP contribution is 2.30. The van der Waals surface area contributed by atoms with Crippen molar-refractivity contribution in [3.8, 4) is 0 Å². The van der Waals surface area contributed by atoms with Crippen molar-refractivity contribution in [3.05, 3.63) is 41.6 Å². The molecule has 1 aromatic carbocycles. The van der Waals surface area contributed by atoms with Crippen molar-refractivity contribution in [1.29, 1.82) is 0 Å². The summed E-state index contributed by atoms with van der Waals surface area (Å²) in [6.45, 7) is 5.77. The predicted molar refractivity (Wildman–Crippen MR) is 98.8 cm³/mol. The quantitative estimate of drug-likeness (QED) is 0.697. The highest BCUT2D eigenvalue weighted by Gasteiger charge is 2.14. The lowest BCUT2D eigenvalue weighted by Gasteiger charge is -2.09. The maximum absolute atomic E-state index is 11.7. The highest BCUT2D eigenvalue weighted by molar-refractivity contribution is 6.18. The van der Waals surface area contributed by atoms with E-state index in [1.807, 2.05) is 19.1 Å². The number of aryl methyl sites for hydroxylation is 2. The molecule has 5 nitrogen and oxygen atoms in total. The smallest absolute Gasteiger partial charge is 0.314 e. The maximum atomic E-state index is 11.7. The lowest BCUT2D eigenvalue weighted by molar-refractivity contribution is 0.241. The van der Waals surface area contributed by atoms with Gasteiger partial charge in [0.1, 0.15) is 5.65 Å². The fourth-order valence-corrected chi connectivity index (χ4v) is 3.21. The van der Waals surface area contributed by atoms with Gasteiger partial charge in [0, 0.05) is 42.0 Å². The van der Waals surface area contributed by atoms with E-state index in [9.17, 15) is 4.79 Å². The number of urea groups is 1. The predicted octanol–water partition coefficient (Wildman–Crippen LogP) is 3.34. The van der Waals surface area contributed by atoms with E-state index in [2.05, 4.69) is 40.3 Å². The standard InChI is InChI=1S/C18H21ClN4O/c1-12-11-13(2)22-17-16(12)14-5-3-4-6-15(14)23(17)10-9-21-18(24)20-8-7-19/h3-6,11H,7-10H2,1-2H3,(H2,20,21,24). The van der Waals surface area contributed by atoms with Gasteiger partial charge < -0.3 is 15.2 Å². The minimum Gasteiger partial charge on any atom is -0.337 e. The van der Waals surface area contributed by atoms with Crippen molar-refractivity contribution in [3.63, 3.8) is 0 Å². The van der Waals surface area contributed by atoms with Gasteiger partial charge in [0.2, 0.25) is 0 Å². The summed E-state index contributed by atoms with van der Waals surface area (Å²) in [4.78, 5) is 16.4. The first-order valence-corrected chi connectivity index (χ1v) is 8.58. The molecule has 2 heterocycles. The molecule has 2 aromatic heterocycles. The largest absolute Gasteiger partial charge is 0.337 e. The maximum Gasteiger partial charge on any atom is 0.314 e. The van der Waals surface area contributed by atoms with Crippen LogP contribution in [0.3, 0.4) is 0 Å². The first kappa shape index (κ1) is 16.6. The molecule has 0 saturated carbocycles. The molecule has 24 heavy (non-hydrogen) atoms. The number of nitrogens with one attached hydrogen (secondary N) is 2. The van der Waals surface area contributed by atoms with Crippen molar-refractivity contribution in [2.24, 2.45) is 0 Å². The van der Waals surface area contributed by atoms with Gasteiger partial charge in [-0.15, -0.1) is 11.6 Å². The molecular formula is C18H21ClN4O. The second kappa shape index (κ2) is 7.09. The van der Waals surface area contributed by atoms with Gasteiger partial charge in [-0.25, -0.2) is 9.78 Å². The van der Waals surface area contributed by atoms with E-state index < -0.39 is 0 Å². The van der Waals surface area contributed by atoms with E-state index in [4.69, 9.17) is 16.6 Å². The second-order valence-electron chi connectivity index (χ2n) is 5.82. The van der Waals surface area contributed by atoms with Crippen LogP contribution in [0.5, 0.6) is 0 Å². The molecule has 6 heteroatoms. The monoisotopic (exact) mass is 344 g/mol. The van der Waals surface area contributed by atoms with Crippen molar-refractivity contribution < 1.29 is 4.79 Å². The molecule has 0 atom stereocenters. The molecule has 0 unspecified atom stereocenters. The third-order valence-electron chi connectivity index (χ3n) is 4.05. The van der Waals surface area contributed by atoms with Gasteiger partial charge in [-0.05, 0) is 31.5 Å². The summed E-state index contributed by atoms with van der Waals surface area (Å²) in [5.41, 5.74) is 4.32. The lowest BCUT2D eigenvalue weighted by atomic mass is 10.1. The highest BCUT2D eigenvalue weighted by atomic mass is 35.5. The molecule has 3 rings (SSSR count). The van der Waals surface area contributed by atoms with Crippen LogP contribution in [0, 0.1) is 13.8 Å². The van der Waals surface area contributed by atoms with Crippen molar-refractivity contribution >= 4 is 39.6 Å². The fourth-order valence-electron chi connectivity index (χ4n) is 3.11. The van der Waals surface area contributed by atoms with Crippen LogP contribution >= 0.6 is 11.6 Å². The number of hydrogen-bond donors (Lipinski definition) is 2. The van der Waals surface area contributed by atoms with Crippen LogP contribution in [0.25, 0.3) is 21.9 Å². The Labute approximate surface area is 146 Å². The van der Waals surface area contributed by atoms with E-state index >= 15 is 0 Å². The van der Waals surface area contributed by atoms with E-state index in [0.717, 1.165) is 16.9 Å². The average Bonchev–Trinajstić information content (AvgIpc) is 2.87. The van der Waals surface area contributed by atoms with Gasteiger partial charge >= 0.3 is 6.03 Å². The van der Waals surface area contributed by atoms with Gasteiger partial charge in [-0.3, -0.25) is 0 Å². The Morgan fingerprint density at radius 2 is 1.96 bits per heavy atom. The Hall–Kier alpha value is -2.27. The molecule has 0 fully saturated rings. The Balaban J connectivity index is 1.92. The minimum atomic E-state index is -0.197. The van der Waals surface area contributed by atoms with Crippen LogP contribution in [0.2, 0.25) is 0 Å². The first-order valence-electron chi connectivity index (χ1n) is 8.04. The van der Waals surface area contributed by atoms with Crippen LogP contribution < -0.4 is 10.6 Å². The summed E-state index contributed by atoms with van der Waals surface area (Å²) in [5, 5.41) is 7.94. The van der Waals surface area contributed by atoms with Crippen LogP contribution in [-0.4, -0.2) is 34.6 Å². The number of halogens is 1. The topological polar surface area (TPSA) is 59.0 Å². The van der Waals surface area contributed by atoms with E-state index in [-0.39, 0.29) is 6.03 Å². The minimum absolute atomic E-state index is 0.197. The zero-order valence-electron chi connectivity index (χ0n) is 13.9. The van der Waals surface area contributed by atoms with Crippen molar-refractivity contribution in [2.45, 2.75) is 20.4 Å². The molecule has 0 aliphatic rings. The van der Waals surface area contributed by atoms with Gasteiger partial charge in [0.05, 0.1) is 5.52 Å². The summed E-state index contributed by atoms with van der Waals surface area (Å²) >= 11 is 5.57. The number of hydrogen-bond acceptors (Lipinski definition) is 2. The number of pyridine rings is 1. The number of carbonyl (C=O) groups excluding carboxylic acids is 1. The molecule has 0 radical (unpaired) electrons. The first-order chi connectivity index (χ1) is 11.6. The summed E-state index contributed by atoms with van der Waals surface area (Å²) < 4.78 is 2.17.